The van der Waals surface area contributed by atoms with Crippen molar-refractivity contribution in [3.8, 4) is 0 Å². The molecule has 0 rings (SSSR count). The smallest absolute Gasteiger partial charge is 0.303 e. The van der Waals surface area contributed by atoms with Crippen LogP contribution in [0.25, 0.3) is 0 Å². The summed E-state index contributed by atoms with van der Waals surface area (Å²) >= 11 is 0. The van der Waals surface area contributed by atoms with E-state index in [1.54, 1.807) is 0 Å². The molecule has 1 atom stereocenters. The fourth-order valence-electron chi connectivity index (χ4n) is 2.92. The van der Waals surface area contributed by atoms with Crippen LogP contribution in [0.3, 0.4) is 0 Å². The van der Waals surface area contributed by atoms with E-state index in [1.807, 2.05) is 13.8 Å². The molecule has 0 aliphatic rings. The fraction of sp³-hybridized carbons (Fsp3) is 0.947. The molecule has 0 bridgehead atoms. The summed E-state index contributed by atoms with van der Waals surface area (Å²) in [6, 6.07) is 0. The number of carboxylic acid groups (broad SMARTS) is 1. The highest BCUT2D eigenvalue weighted by molar-refractivity contribution is 5.66. The second-order valence-electron chi connectivity index (χ2n) is 7.61. The summed E-state index contributed by atoms with van der Waals surface area (Å²) in [4.78, 5) is 11.0. The van der Waals surface area contributed by atoms with Gasteiger partial charge in [-0.05, 0) is 39.0 Å². The molecule has 0 saturated heterocycles. The Kier molecular flexibility index (Phi) is 12.6. The van der Waals surface area contributed by atoms with Crippen molar-refractivity contribution in [3.05, 3.63) is 0 Å². The molecule has 0 amide bonds. The Hall–Kier alpha value is -0.570. The standard InChI is InChI=1S/C19H39NO2/c1-4-5-6-7-8-9-10-11-12-13-17(16-18(21)22)14-15-19(2,3)20/h17H,4-16,20H2,1-3H3,(H,21,22). The highest BCUT2D eigenvalue weighted by atomic mass is 16.4. The average molecular weight is 314 g/mol. The Morgan fingerprint density at radius 2 is 1.45 bits per heavy atom. The molecule has 3 heteroatoms. The van der Waals surface area contributed by atoms with E-state index >= 15 is 0 Å². The van der Waals surface area contributed by atoms with Gasteiger partial charge in [-0.2, -0.15) is 0 Å². The average Bonchev–Trinajstić information content (AvgIpc) is 2.41. The molecule has 0 aromatic heterocycles. The molecule has 3 nitrogen and oxygen atoms in total. The van der Waals surface area contributed by atoms with Gasteiger partial charge in [0.25, 0.3) is 0 Å². The molecule has 0 aromatic rings. The normalized spacial score (nSPS) is 13.3. The Morgan fingerprint density at radius 3 is 1.91 bits per heavy atom. The maximum Gasteiger partial charge on any atom is 0.303 e. The topological polar surface area (TPSA) is 63.3 Å². The largest absolute Gasteiger partial charge is 0.481 e. The minimum absolute atomic E-state index is 0.185. The molecule has 132 valence electrons. The lowest BCUT2D eigenvalue weighted by atomic mass is 9.88. The van der Waals surface area contributed by atoms with Gasteiger partial charge in [-0.1, -0.05) is 64.7 Å². The number of aliphatic carboxylic acids is 1. The zero-order valence-electron chi connectivity index (χ0n) is 15.2. The van der Waals surface area contributed by atoms with Crippen molar-refractivity contribution >= 4 is 5.97 Å². The lowest BCUT2D eigenvalue weighted by Gasteiger charge is -2.22. The third kappa shape index (κ3) is 15.8. The Labute approximate surface area is 138 Å². The lowest BCUT2D eigenvalue weighted by molar-refractivity contribution is -0.138. The van der Waals surface area contributed by atoms with Crippen molar-refractivity contribution in [2.75, 3.05) is 0 Å². The van der Waals surface area contributed by atoms with E-state index in [2.05, 4.69) is 6.92 Å². The number of carboxylic acids is 1. The van der Waals surface area contributed by atoms with Crippen LogP contribution in [0.15, 0.2) is 0 Å². The zero-order valence-corrected chi connectivity index (χ0v) is 15.2. The van der Waals surface area contributed by atoms with Crippen molar-refractivity contribution in [1.82, 2.24) is 0 Å². The van der Waals surface area contributed by atoms with Gasteiger partial charge in [0.15, 0.2) is 0 Å². The van der Waals surface area contributed by atoms with Gasteiger partial charge in [0.2, 0.25) is 0 Å². The number of nitrogens with two attached hydrogens (primary N) is 1. The molecular weight excluding hydrogens is 274 g/mol. The van der Waals surface area contributed by atoms with Crippen LogP contribution in [-0.4, -0.2) is 16.6 Å². The van der Waals surface area contributed by atoms with E-state index in [4.69, 9.17) is 10.8 Å². The zero-order chi connectivity index (χ0) is 16.8. The van der Waals surface area contributed by atoms with Crippen LogP contribution in [0, 0.1) is 5.92 Å². The van der Waals surface area contributed by atoms with Crippen LogP contribution in [0.4, 0.5) is 0 Å². The van der Waals surface area contributed by atoms with Crippen LogP contribution in [0.1, 0.15) is 104 Å². The van der Waals surface area contributed by atoms with Crippen LogP contribution in [-0.2, 0) is 4.79 Å². The second-order valence-corrected chi connectivity index (χ2v) is 7.61. The van der Waals surface area contributed by atoms with E-state index < -0.39 is 5.97 Å². The first-order valence-corrected chi connectivity index (χ1v) is 9.36. The summed E-state index contributed by atoms with van der Waals surface area (Å²) < 4.78 is 0. The highest BCUT2D eigenvalue weighted by Gasteiger charge is 2.17. The molecule has 0 aliphatic heterocycles. The van der Waals surface area contributed by atoms with Gasteiger partial charge >= 0.3 is 5.97 Å². The Balaban J connectivity index is 3.68. The minimum atomic E-state index is -0.671. The van der Waals surface area contributed by atoms with Gasteiger partial charge in [-0.15, -0.1) is 0 Å². The number of carbonyl (C=O) groups is 1. The highest BCUT2D eigenvalue weighted by Crippen LogP contribution is 2.23. The van der Waals surface area contributed by atoms with Gasteiger partial charge in [0.05, 0.1) is 0 Å². The molecule has 3 N–H and O–H groups in total. The lowest BCUT2D eigenvalue weighted by Crippen LogP contribution is -2.32. The minimum Gasteiger partial charge on any atom is -0.481 e. The monoisotopic (exact) mass is 313 g/mol. The number of hydrogen-bond donors (Lipinski definition) is 2. The van der Waals surface area contributed by atoms with Crippen LogP contribution < -0.4 is 5.73 Å². The molecule has 0 spiro atoms. The number of rotatable bonds is 15. The SMILES string of the molecule is CCCCCCCCCCCC(CCC(C)(C)N)CC(=O)O. The second kappa shape index (κ2) is 12.9. The predicted molar refractivity (Wildman–Crippen MR) is 95.1 cm³/mol. The van der Waals surface area contributed by atoms with Crippen LogP contribution >= 0.6 is 0 Å². The van der Waals surface area contributed by atoms with Crippen LogP contribution in [0.2, 0.25) is 0 Å². The Bertz CT molecular complexity index is 271. The first-order valence-electron chi connectivity index (χ1n) is 9.36. The van der Waals surface area contributed by atoms with E-state index in [1.165, 1.54) is 51.4 Å². The number of unbranched alkanes of at least 4 members (excludes halogenated alkanes) is 8. The summed E-state index contributed by atoms with van der Waals surface area (Å²) in [5.74, 6) is -0.374. The molecule has 22 heavy (non-hydrogen) atoms. The molecule has 0 saturated carbocycles. The summed E-state index contributed by atoms with van der Waals surface area (Å²) in [7, 11) is 0. The molecule has 0 aromatic carbocycles. The predicted octanol–water partition coefficient (Wildman–Crippen LogP) is 5.52. The van der Waals surface area contributed by atoms with E-state index in [0.29, 0.717) is 12.3 Å². The van der Waals surface area contributed by atoms with Crippen molar-refractivity contribution in [2.45, 2.75) is 110 Å². The first kappa shape index (κ1) is 21.4. The van der Waals surface area contributed by atoms with E-state index in [9.17, 15) is 4.79 Å². The fourth-order valence-corrected chi connectivity index (χ4v) is 2.92. The molecule has 0 radical (unpaired) electrons. The van der Waals surface area contributed by atoms with E-state index in [-0.39, 0.29) is 5.54 Å². The molecular formula is C19H39NO2. The Morgan fingerprint density at radius 1 is 0.955 bits per heavy atom. The molecule has 0 aliphatic carbocycles. The van der Waals surface area contributed by atoms with Crippen molar-refractivity contribution in [3.63, 3.8) is 0 Å². The third-order valence-corrected chi connectivity index (χ3v) is 4.38. The third-order valence-electron chi connectivity index (χ3n) is 4.38. The molecule has 0 heterocycles. The quantitative estimate of drug-likeness (QED) is 0.391. The van der Waals surface area contributed by atoms with Crippen molar-refractivity contribution < 1.29 is 9.90 Å². The van der Waals surface area contributed by atoms with E-state index in [0.717, 1.165) is 25.7 Å². The van der Waals surface area contributed by atoms with Gasteiger partial charge in [0.1, 0.15) is 0 Å². The molecule has 1 unspecified atom stereocenters. The van der Waals surface area contributed by atoms with Crippen molar-refractivity contribution in [1.29, 1.82) is 0 Å². The van der Waals surface area contributed by atoms with Gasteiger partial charge in [-0.25, -0.2) is 0 Å². The van der Waals surface area contributed by atoms with Gasteiger partial charge in [-0.3, -0.25) is 4.79 Å². The summed E-state index contributed by atoms with van der Waals surface area (Å²) in [6.45, 7) is 6.28. The summed E-state index contributed by atoms with van der Waals surface area (Å²) in [6.07, 6.45) is 15.0. The van der Waals surface area contributed by atoms with Crippen molar-refractivity contribution in [2.24, 2.45) is 11.7 Å². The summed E-state index contributed by atoms with van der Waals surface area (Å²) in [5.41, 5.74) is 5.83. The maximum atomic E-state index is 11.0. The van der Waals surface area contributed by atoms with Gasteiger partial charge in [0, 0.05) is 12.0 Å². The first-order chi connectivity index (χ1) is 10.3. The maximum absolute atomic E-state index is 11.0. The van der Waals surface area contributed by atoms with Gasteiger partial charge < -0.3 is 10.8 Å². The molecule has 0 fully saturated rings. The summed E-state index contributed by atoms with van der Waals surface area (Å²) in [5, 5.41) is 9.03. The number of hydrogen-bond acceptors (Lipinski definition) is 2. The van der Waals surface area contributed by atoms with Crippen LogP contribution in [0.5, 0.6) is 0 Å².